The van der Waals surface area contributed by atoms with Crippen molar-refractivity contribution in [2.75, 3.05) is 5.32 Å². The molecule has 1 heterocycles. The Morgan fingerprint density at radius 1 is 1.48 bits per heavy atom. The van der Waals surface area contributed by atoms with E-state index in [9.17, 15) is 18.0 Å². The summed E-state index contributed by atoms with van der Waals surface area (Å²) in [6.07, 6.45) is 0.504. The molecule has 1 atom stereocenters. The number of aliphatic hydroxyl groups is 1. The van der Waals surface area contributed by atoms with Crippen LogP contribution in [0.1, 0.15) is 30.9 Å². The number of amides is 1. The van der Waals surface area contributed by atoms with Crippen molar-refractivity contribution in [2.24, 2.45) is 5.92 Å². The van der Waals surface area contributed by atoms with Crippen LogP contribution in [0.15, 0.2) is 12.1 Å². The van der Waals surface area contributed by atoms with Gasteiger partial charge in [-0.3, -0.25) is 5.32 Å². The summed E-state index contributed by atoms with van der Waals surface area (Å²) in [6.45, 7) is -0.0477. The fourth-order valence-corrected chi connectivity index (χ4v) is 2.42. The number of nitrogens with one attached hydrogen (secondary N) is 1. The van der Waals surface area contributed by atoms with Gasteiger partial charge >= 0.3 is 6.09 Å². The van der Waals surface area contributed by atoms with Gasteiger partial charge in [-0.15, -0.1) is 0 Å². The summed E-state index contributed by atoms with van der Waals surface area (Å²) < 4.78 is 47.5. The van der Waals surface area contributed by atoms with Gasteiger partial charge in [-0.2, -0.15) is 0 Å². The Hall–Kier alpha value is -2.20. The summed E-state index contributed by atoms with van der Waals surface area (Å²) in [6, 6.07) is 1.95. The summed E-state index contributed by atoms with van der Waals surface area (Å²) in [7, 11) is 0. The largest absolute Gasteiger partial charge is 0.418 e. The molecule has 1 amide bonds. The van der Waals surface area contributed by atoms with Crippen LogP contribution < -0.4 is 5.32 Å². The molecule has 1 saturated carbocycles. The average molecular weight is 325 g/mol. The Kier molecular flexibility index (Phi) is 3.52. The van der Waals surface area contributed by atoms with Crippen LogP contribution in [0.4, 0.5) is 23.7 Å². The van der Waals surface area contributed by atoms with Gasteiger partial charge in [0.15, 0.2) is 0 Å². The van der Waals surface area contributed by atoms with Crippen molar-refractivity contribution >= 4 is 11.8 Å². The van der Waals surface area contributed by atoms with Crippen molar-refractivity contribution in [1.29, 1.82) is 0 Å². The molecule has 4 nitrogen and oxygen atoms in total. The SMILES string of the molecule is CC(F)(F)[C@]1(C#CC2CC2)OC(=O)Nc2cc(CO)c(F)cc21. The number of anilines is 1. The van der Waals surface area contributed by atoms with E-state index >= 15 is 0 Å². The van der Waals surface area contributed by atoms with E-state index in [1.54, 1.807) is 0 Å². The summed E-state index contributed by atoms with van der Waals surface area (Å²) in [5, 5.41) is 11.4. The zero-order valence-corrected chi connectivity index (χ0v) is 12.3. The first-order valence-electron chi connectivity index (χ1n) is 7.11. The summed E-state index contributed by atoms with van der Waals surface area (Å²) in [5.74, 6) is 0.631. The Morgan fingerprint density at radius 3 is 2.74 bits per heavy atom. The van der Waals surface area contributed by atoms with Crippen LogP contribution in [0.3, 0.4) is 0 Å². The number of benzene rings is 1. The lowest BCUT2D eigenvalue weighted by atomic mass is 9.85. The quantitative estimate of drug-likeness (QED) is 0.821. The first-order chi connectivity index (χ1) is 10.8. The van der Waals surface area contributed by atoms with Crippen molar-refractivity contribution in [1.82, 2.24) is 0 Å². The zero-order valence-electron chi connectivity index (χ0n) is 12.3. The van der Waals surface area contributed by atoms with Gasteiger partial charge in [-0.05, 0) is 30.9 Å². The highest BCUT2D eigenvalue weighted by atomic mass is 19.3. The maximum absolute atomic E-state index is 14.3. The Morgan fingerprint density at radius 2 is 2.17 bits per heavy atom. The van der Waals surface area contributed by atoms with Crippen LogP contribution in [0.5, 0.6) is 0 Å². The van der Waals surface area contributed by atoms with Crippen LogP contribution in [-0.2, 0) is 16.9 Å². The van der Waals surface area contributed by atoms with Gasteiger partial charge in [0.25, 0.3) is 11.5 Å². The van der Waals surface area contributed by atoms with Crippen molar-refractivity contribution in [3.05, 3.63) is 29.1 Å². The molecule has 3 rings (SSSR count). The molecule has 0 saturated heterocycles. The molecule has 2 N–H and O–H groups in total. The van der Waals surface area contributed by atoms with Gasteiger partial charge in [-0.1, -0.05) is 5.92 Å². The Balaban J connectivity index is 2.23. The van der Waals surface area contributed by atoms with Crippen LogP contribution in [0.2, 0.25) is 0 Å². The number of ether oxygens (including phenoxy) is 1. The summed E-state index contributed by atoms with van der Waals surface area (Å²) in [5.41, 5.74) is -2.97. The molecular formula is C16H14F3NO3. The fourth-order valence-electron chi connectivity index (χ4n) is 2.42. The van der Waals surface area contributed by atoms with Crippen LogP contribution >= 0.6 is 0 Å². The minimum atomic E-state index is -3.55. The minimum absolute atomic E-state index is 0.00664. The Bertz CT molecular complexity index is 729. The third-order valence-corrected chi connectivity index (χ3v) is 3.87. The molecule has 0 aromatic heterocycles. The van der Waals surface area contributed by atoms with Crippen LogP contribution in [0, 0.1) is 23.6 Å². The first-order valence-corrected chi connectivity index (χ1v) is 7.11. The van der Waals surface area contributed by atoms with E-state index in [0.717, 1.165) is 25.0 Å². The maximum atomic E-state index is 14.3. The normalized spacial score (nSPS) is 23.3. The number of hydrogen-bond acceptors (Lipinski definition) is 3. The highest BCUT2D eigenvalue weighted by Crippen LogP contribution is 2.47. The second kappa shape index (κ2) is 5.17. The van der Waals surface area contributed by atoms with E-state index in [4.69, 9.17) is 9.84 Å². The lowest BCUT2D eigenvalue weighted by Gasteiger charge is -2.38. The van der Waals surface area contributed by atoms with Gasteiger partial charge in [0.05, 0.1) is 12.3 Å². The smallest absolute Gasteiger partial charge is 0.413 e. The highest BCUT2D eigenvalue weighted by molar-refractivity contribution is 5.90. The highest BCUT2D eigenvalue weighted by Gasteiger charge is 2.58. The molecule has 2 aliphatic rings. The fraction of sp³-hybridized carbons (Fsp3) is 0.438. The monoisotopic (exact) mass is 325 g/mol. The summed E-state index contributed by atoms with van der Waals surface area (Å²) >= 11 is 0. The van der Waals surface area contributed by atoms with Crippen LogP contribution in [0.25, 0.3) is 0 Å². The van der Waals surface area contributed by atoms with Gasteiger partial charge < -0.3 is 9.84 Å². The minimum Gasteiger partial charge on any atom is -0.418 e. The Labute approximate surface area is 130 Å². The molecule has 1 aromatic carbocycles. The third-order valence-electron chi connectivity index (χ3n) is 3.87. The second-order valence-electron chi connectivity index (χ2n) is 5.78. The molecule has 0 radical (unpaired) electrons. The number of carbonyl (C=O) groups excluding carboxylic acids is 1. The van der Waals surface area contributed by atoms with Crippen molar-refractivity contribution < 1.29 is 27.8 Å². The average Bonchev–Trinajstić information content (AvgIpc) is 3.27. The topological polar surface area (TPSA) is 58.6 Å². The van der Waals surface area contributed by atoms with Crippen molar-refractivity contribution in [2.45, 2.75) is 37.9 Å². The van der Waals surface area contributed by atoms with E-state index in [0.29, 0.717) is 6.92 Å². The second-order valence-corrected chi connectivity index (χ2v) is 5.78. The standard InChI is InChI=1S/C16H14F3NO3/c1-15(18,19)16(5-4-9-2-3-9)11-7-12(17)10(8-21)6-13(11)20-14(22)23-16/h6-7,9,21H,2-3,8H2,1H3,(H,20,22)/t16-/m1/s1. The molecule has 1 fully saturated rings. The molecule has 1 aliphatic heterocycles. The number of carbonyl (C=O) groups is 1. The molecule has 122 valence electrons. The predicted octanol–water partition coefficient (Wildman–Crippen LogP) is 3.14. The molecule has 0 unspecified atom stereocenters. The molecule has 1 aromatic rings. The van der Waals surface area contributed by atoms with Gasteiger partial charge in [0.2, 0.25) is 0 Å². The maximum Gasteiger partial charge on any atom is 0.413 e. The van der Waals surface area contributed by atoms with E-state index in [-0.39, 0.29) is 22.7 Å². The van der Waals surface area contributed by atoms with E-state index in [2.05, 4.69) is 17.2 Å². The number of alkyl halides is 2. The third kappa shape index (κ3) is 2.63. The van der Waals surface area contributed by atoms with Gasteiger partial charge in [0, 0.05) is 24.0 Å². The predicted molar refractivity (Wildman–Crippen MR) is 75.2 cm³/mol. The lowest BCUT2D eigenvalue weighted by Crippen LogP contribution is -2.50. The van der Waals surface area contributed by atoms with Crippen molar-refractivity contribution in [3.63, 3.8) is 0 Å². The number of cyclic esters (lactones) is 1. The summed E-state index contributed by atoms with van der Waals surface area (Å²) in [4.78, 5) is 11.7. The number of hydrogen-bond donors (Lipinski definition) is 2. The first kappa shape index (κ1) is 15.7. The van der Waals surface area contributed by atoms with Crippen LogP contribution in [-0.4, -0.2) is 17.1 Å². The molecule has 7 heteroatoms. The molecular weight excluding hydrogens is 311 g/mol. The molecule has 23 heavy (non-hydrogen) atoms. The van der Waals surface area contributed by atoms with Gasteiger partial charge in [-0.25, -0.2) is 18.0 Å². The lowest BCUT2D eigenvalue weighted by molar-refractivity contribution is -0.142. The number of halogens is 3. The van der Waals surface area contributed by atoms with E-state index in [1.165, 1.54) is 0 Å². The van der Waals surface area contributed by atoms with Crippen molar-refractivity contribution in [3.8, 4) is 11.8 Å². The number of aliphatic hydroxyl groups excluding tert-OH is 1. The van der Waals surface area contributed by atoms with E-state index in [1.807, 2.05) is 0 Å². The van der Waals surface area contributed by atoms with E-state index < -0.39 is 30.0 Å². The molecule has 0 spiro atoms. The molecule has 1 aliphatic carbocycles. The molecule has 0 bridgehead atoms. The number of fused-ring (bicyclic) bond motifs is 1. The van der Waals surface area contributed by atoms with Gasteiger partial charge in [0.1, 0.15) is 5.82 Å². The zero-order chi connectivity index (χ0) is 16.8. The number of rotatable bonds is 2.